The van der Waals surface area contributed by atoms with Crippen LogP contribution in [0.4, 0.5) is 26.3 Å². The standard InChI is InChI=1S/C13H23F6N/c1-3-4-5-6-7-8-9-10(20-2)11(12(14,15)16)13(17,18)19/h10-11,20H,3-9H2,1-2H3. The molecule has 20 heavy (non-hydrogen) atoms. The molecular formula is C13H23F6N. The summed E-state index contributed by atoms with van der Waals surface area (Å²) in [4.78, 5) is 0. The number of unbranched alkanes of at least 4 members (excludes halogenated alkanes) is 5. The first-order chi connectivity index (χ1) is 9.14. The number of hydrogen-bond acceptors (Lipinski definition) is 1. The van der Waals surface area contributed by atoms with Gasteiger partial charge in [-0.15, -0.1) is 0 Å². The predicted molar refractivity (Wildman–Crippen MR) is 66.4 cm³/mol. The smallest absolute Gasteiger partial charge is 0.316 e. The second-order valence-corrected chi connectivity index (χ2v) is 5.01. The van der Waals surface area contributed by atoms with Crippen LogP contribution in [0, 0.1) is 5.92 Å². The van der Waals surface area contributed by atoms with Crippen LogP contribution in [0.1, 0.15) is 51.9 Å². The molecule has 0 aliphatic carbocycles. The number of rotatable bonds is 9. The van der Waals surface area contributed by atoms with Gasteiger partial charge < -0.3 is 5.32 Å². The Morgan fingerprint density at radius 3 is 1.65 bits per heavy atom. The van der Waals surface area contributed by atoms with E-state index in [-0.39, 0.29) is 6.42 Å². The third-order valence-corrected chi connectivity index (χ3v) is 3.35. The lowest BCUT2D eigenvalue weighted by atomic mass is 9.93. The van der Waals surface area contributed by atoms with Crippen molar-refractivity contribution in [3.05, 3.63) is 0 Å². The van der Waals surface area contributed by atoms with Crippen LogP contribution < -0.4 is 5.32 Å². The highest BCUT2D eigenvalue weighted by Gasteiger charge is 2.59. The molecule has 0 saturated carbocycles. The quantitative estimate of drug-likeness (QED) is 0.463. The summed E-state index contributed by atoms with van der Waals surface area (Å²) in [5, 5.41) is 2.18. The summed E-state index contributed by atoms with van der Waals surface area (Å²) in [6, 6.07) is -1.61. The zero-order valence-corrected chi connectivity index (χ0v) is 11.9. The highest BCUT2D eigenvalue weighted by molar-refractivity contribution is 4.86. The lowest BCUT2D eigenvalue weighted by Gasteiger charge is -2.30. The van der Waals surface area contributed by atoms with E-state index in [1.54, 1.807) is 0 Å². The van der Waals surface area contributed by atoms with Crippen LogP contribution in [0.25, 0.3) is 0 Å². The summed E-state index contributed by atoms with van der Waals surface area (Å²) in [7, 11) is 1.15. The molecule has 0 aliphatic rings. The number of alkyl halides is 6. The lowest BCUT2D eigenvalue weighted by Crippen LogP contribution is -2.50. The van der Waals surface area contributed by atoms with Crippen LogP contribution in [-0.4, -0.2) is 25.4 Å². The topological polar surface area (TPSA) is 12.0 Å². The van der Waals surface area contributed by atoms with Gasteiger partial charge in [0.25, 0.3) is 0 Å². The summed E-state index contributed by atoms with van der Waals surface area (Å²) >= 11 is 0. The maximum Gasteiger partial charge on any atom is 0.401 e. The number of nitrogens with one attached hydrogen (secondary N) is 1. The first-order valence-corrected chi connectivity index (χ1v) is 6.95. The highest BCUT2D eigenvalue weighted by Crippen LogP contribution is 2.42. The molecule has 0 spiro atoms. The molecule has 0 aromatic rings. The minimum atomic E-state index is -5.27. The fourth-order valence-corrected chi connectivity index (χ4v) is 2.26. The van der Waals surface area contributed by atoms with Gasteiger partial charge in [-0.1, -0.05) is 45.4 Å². The Morgan fingerprint density at radius 2 is 1.25 bits per heavy atom. The van der Waals surface area contributed by atoms with E-state index in [1.165, 1.54) is 0 Å². The molecule has 1 atom stereocenters. The Bertz CT molecular complexity index is 234. The second-order valence-electron chi connectivity index (χ2n) is 5.01. The van der Waals surface area contributed by atoms with E-state index >= 15 is 0 Å². The Morgan fingerprint density at radius 1 is 0.800 bits per heavy atom. The van der Waals surface area contributed by atoms with Crippen molar-refractivity contribution in [2.24, 2.45) is 5.92 Å². The van der Waals surface area contributed by atoms with Gasteiger partial charge in [-0.25, -0.2) is 0 Å². The molecule has 0 fully saturated rings. The van der Waals surface area contributed by atoms with Gasteiger partial charge in [0.2, 0.25) is 0 Å². The molecule has 0 aromatic heterocycles. The van der Waals surface area contributed by atoms with E-state index in [0.717, 1.165) is 32.7 Å². The monoisotopic (exact) mass is 307 g/mol. The van der Waals surface area contributed by atoms with Crippen LogP contribution in [0.3, 0.4) is 0 Å². The molecule has 0 amide bonds. The summed E-state index contributed by atoms with van der Waals surface area (Å²) < 4.78 is 75.4. The highest BCUT2D eigenvalue weighted by atomic mass is 19.4. The third kappa shape index (κ3) is 7.36. The molecule has 7 heteroatoms. The van der Waals surface area contributed by atoms with Crippen molar-refractivity contribution in [3.63, 3.8) is 0 Å². The van der Waals surface area contributed by atoms with Gasteiger partial charge in [0, 0.05) is 6.04 Å². The van der Waals surface area contributed by atoms with Gasteiger partial charge >= 0.3 is 12.4 Å². The van der Waals surface area contributed by atoms with Crippen molar-refractivity contribution >= 4 is 0 Å². The Balaban J connectivity index is 4.40. The van der Waals surface area contributed by atoms with E-state index < -0.39 is 24.3 Å². The maximum absolute atomic E-state index is 12.6. The minimum absolute atomic E-state index is 0.119. The molecule has 0 aromatic carbocycles. The van der Waals surface area contributed by atoms with Gasteiger partial charge in [0.05, 0.1) is 0 Å². The summed E-state index contributed by atoms with van der Waals surface area (Å²) in [5.41, 5.74) is 0. The van der Waals surface area contributed by atoms with Crippen molar-refractivity contribution in [3.8, 4) is 0 Å². The number of hydrogen-bond donors (Lipinski definition) is 1. The zero-order chi connectivity index (χ0) is 15.8. The van der Waals surface area contributed by atoms with Crippen LogP contribution in [0.2, 0.25) is 0 Å². The fourth-order valence-electron chi connectivity index (χ4n) is 2.26. The molecule has 1 unspecified atom stereocenters. The van der Waals surface area contributed by atoms with E-state index in [0.29, 0.717) is 12.8 Å². The SMILES string of the molecule is CCCCCCCCC(NC)C(C(F)(F)F)C(F)(F)F. The van der Waals surface area contributed by atoms with Gasteiger partial charge in [0.1, 0.15) is 0 Å². The first kappa shape index (κ1) is 19.5. The molecular weight excluding hydrogens is 284 g/mol. The molecule has 0 rings (SSSR count). The van der Waals surface area contributed by atoms with Crippen LogP contribution in [0.5, 0.6) is 0 Å². The minimum Gasteiger partial charge on any atom is -0.316 e. The molecule has 1 nitrogen and oxygen atoms in total. The van der Waals surface area contributed by atoms with Crippen LogP contribution in [-0.2, 0) is 0 Å². The molecule has 0 aliphatic heterocycles. The largest absolute Gasteiger partial charge is 0.401 e. The van der Waals surface area contributed by atoms with Crippen LogP contribution >= 0.6 is 0 Å². The summed E-state index contributed by atoms with van der Waals surface area (Å²) in [5.74, 6) is -3.30. The van der Waals surface area contributed by atoms with E-state index in [4.69, 9.17) is 0 Å². The van der Waals surface area contributed by atoms with Crippen molar-refractivity contribution in [1.82, 2.24) is 5.32 Å². The molecule has 0 bridgehead atoms. The third-order valence-electron chi connectivity index (χ3n) is 3.35. The summed E-state index contributed by atoms with van der Waals surface area (Å²) in [6.45, 7) is 2.04. The van der Waals surface area contributed by atoms with E-state index in [1.807, 2.05) is 6.92 Å². The molecule has 0 saturated heterocycles. The Hall–Kier alpha value is -0.460. The van der Waals surface area contributed by atoms with Crippen molar-refractivity contribution in [2.45, 2.75) is 70.3 Å². The molecule has 122 valence electrons. The van der Waals surface area contributed by atoms with Crippen LogP contribution in [0.15, 0.2) is 0 Å². The van der Waals surface area contributed by atoms with Crippen molar-refractivity contribution < 1.29 is 26.3 Å². The van der Waals surface area contributed by atoms with Crippen molar-refractivity contribution in [1.29, 1.82) is 0 Å². The van der Waals surface area contributed by atoms with Gasteiger partial charge in [-0.05, 0) is 13.5 Å². The van der Waals surface area contributed by atoms with Gasteiger partial charge in [0.15, 0.2) is 5.92 Å². The average Bonchev–Trinajstić information content (AvgIpc) is 2.28. The lowest BCUT2D eigenvalue weighted by molar-refractivity contribution is -0.291. The Kier molecular flexibility index (Phi) is 8.54. The molecule has 0 heterocycles. The van der Waals surface area contributed by atoms with E-state index in [9.17, 15) is 26.3 Å². The molecule has 0 radical (unpaired) electrons. The predicted octanol–water partition coefficient (Wildman–Crippen LogP) is 5.07. The van der Waals surface area contributed by atoms with E-state index in [2.05, 4.69) is 5.32 Å². The molecule has 1 N–H and O–H groups in total. The zero-order valence-electron chi connectivity index (χ0n) is 11.9. The fraction of sp³-hybridized carbons (Fsp3) is 1.00. The van der Waals surface area contributed by atoms with Gasteiger partial charge in [-0.3, -0.25) is 0 Å². The Labute approximate surface area is 116 Å². The summed E-state index contributed by atoms with van der Waals surface area (Å²) in [6.07, 6.45) is -5.70. The van der Waals surface area contributed by atoms with Gasteiger partial charge in [-0.2, -0.15) is 26.3 Å². The second kappa shape index (κ2) is 8.74. The first-order valence-electron chi connectivity index (χ1n) is 6.95. The normalized spacial score (nSPS) is 14.8. The number of halogens is 6. The maximum atomic E-state index is 12.6. The van der Waals surface area contributed by atoms with Crippen molar-refractivity contribution in [2.75, 3.05) is 7.05 Å². The average molecular weight is 307 g/mol.